The Morgan fingerprint density at radius 2 is 1.78 bits per heavy atom. The predicted octanol–water partition coefficient (Wildman–Crippen LogP) is 3.48. The Hall–Kier alpha value is -3.11. The first-order chi connectivity index (χ1) is 15.3. The number of hydrogen-bond donors (Lipinski definition) is 1. The number of nitrogens with zero attached hydrogens (tertiary/aromatic N) is 1. The van der Waals surface area contributed by atoms with Gasteiger partial charge in [0.15, 0.2) is 6.61 Å². The van der Waals surface area contributed by atoms with Crippen LogP contribution in [0.1, 0.15) is 21.5 Å². The first-order valence-electron chi connectivity index (χ1n) is 9.86. The van der Waals surface area contributed by atoms with Crippen LogP contribution < -0.4 is 10.2 Å². The van der Waals surface area contributed by atoms with E-state index in [2.05, 4.69) is 5.32 Å². The molecule has 2 aromatic carbocycles. The van der Waals surface area contributed by atoms with E-state index in [1.165, 1.54) is 18.2 Å². The molecule has 2 aromatic rings. The van der Waals surface area contributed by atoms with E-state index in [0.29, 0.717) is 38.6 Å². The van der Waals surface area contributed by atoms with Crippen molar-refractivity contribution in [3.8, 4) is 0 Å². The second kappa shape index (κ2) is 10.5. The lowest BCUT2D eigenvalue weighted by atomic mass is 10.1. The van der Waals surface area contributed by atoms with E-state index in [1.807, 2.05) is 4.90 Å². The second-order valence-corrected chi connectivity index (χ2v) is 7.08. The average Bonchev–Trinajstić information content (AvgIpc) is 2.78. The number of amides is 1. The highest BCUT2D eigenvalue weighted by Gasteiger charge is 2.32. The number of carbonyl (C=O) groups is 2. The highest BCUT2D eigenvalue weighted by molar-refractivity contribution is 5.97. The van der Waals surface area contributed by atoms with Crippen LogP contribution in [0.5, 0.6) is 0 Å². The van der Waals surface area contributed by atoms with E-state index >= 15 is 0 Å². The molecule has 172 valence electrons. The molecule has 7 nitrogen and oxygen atoms in total. The lowest BCUT2D eigenvalue weighted by Crippen LogP contribution is -2.37. The maximum absolute atomic E-state index is 13.2. The fourth-order valence-corrected chi connectivity index (χ4v) is 3.20. The van der Waals surface area contributed by atoms with Gasteiger partial charge in [0.2, 0.25) is 0 Å². The van der Waals surface area contributed by atoms with Crippen LogP contribution in [0.3, 0.4) is 0 Å². The third kappa shape index (κ3) is 6.21. The Bertz CT molecular complexity index is 942. The van der Waals surface area contributed by atoms with Crippen LogP contribution in [-0.4, -0.2) is 51.9 Å². The topological polar surface area (TPSA) is 77.1 Å². The van der Waals surface area contributed by atoms with Crippen LogP contribution in [0.25, 0.3) is 0 Å². The number of methoxy groups -OCH3 is 1. The molecule has 3 rings (SSSR count). The van der Waals surface area contributed by atoms with E-state index in [0.717, 1.165) is 17.7 Å². The van der Waals surface area contributed by atoms with Gasteiger partial charge in [-0.15, -0.1) is 0 Å². The van der Waals surface area contributed by atoms with Crippen molar-refractivity contribution in [1.82, 2.24) is 0 Å². The van der Waals surface area contributed by atoms with E-state index < -0.39 is 30.2 Å². The summed E-state index contributed by atoms with van der Waals surface area (Å²) in [4.78, 5) is 26.3. The van der Waals surface area contributed by atoms with Crippen molar-refractivity contribution < 1.29 is 37.0 Å². The normalized spacial score (nSPS) is 14.2. The number of rotatable bonds is 7. The van der Waals surface area contributed by atoms with Crippen LogP contribution in [0.2, 0.25) is 0 Å². The SMILES string of the molecule is COCc1ccc(C(=O)OCC(=O)Nc2cc(C(F)(F)F)ccc2N2CCOCC2)cc1. The van der Waals surface area contributed by atoms with E-state index in [1.54, 1.807) is 19.2 Å². The molecule has 0 bridgehead atoms. The maximum Gasteiger partial charge on any atom is 0.416 e. The van der Waals surface area contributed by atoms with E-state index in [4.69, 9.17) is 14.2 Å². The molecule has 1 N–H and O–H groups in total. The first kappa shape index (κ1) is 23.6. The number of esters is 1. The molecule has 0 aliphatic carbocycles. The smallest absolute Gasteiger partial charge is 0.416 e. The summed E-state index contributed by atoms with van der Waals surface area (Å²) >= 11 is 0. The Kier molecular flexibility index (Phi) is 7.70. The number of ether oxygens (including phenoxy) is 3. The number of alkyl halides is 3. The van der Waals surface area contributed by atoms with Gasteiger partial charge in [0.25, 0.3) is 5.91 Å². The zero-order valence-corrected chi connectivity index (χ0v) is 17.4. The fourth-order valence-electron chi connectivity index (χ4n) is 3.20. The van der Waals surface area contributed by atoms with Crippen LogP contribution in [-0.2, 0) is 31.8 Å². The number of hydrogen-bond acceptors (Lipinski definition) is 6. The highest BCUT2D eigenvalue weighted by atomic mass is 19.4. The van der Waals surface area contributed by atoms with Crippen molar-refractivity contribution in [2.45, 2.75) is 12.8 Å². The van der Waals surface area contributed by atoms with Crippen molar-refractivity contribution in [3.63, 3.8) is 0 Å². The summed E-state index contributed by atoms with van der Waals surface area (Å²) in [5.74, 6) is -1.47. The zero-order chi connectivity index (χ0) is 23.1. The van der Waals surface area contributed by atoms with Crippen molar-refractivity contribution in [3.05, 3.63) is 59.2 Å². The Labute approximate surface area is 183 Å². The number of nitrogens with one attached hydrogen (secondary N) is 1. The third-order valence-electron chi connectivity index (χ3n) is 4.78. The summed E-state index contributed by atoms with van der Waals surface area (Å²) in [6, 6.07) is 9.62. The molecule has 1 saturated heterocycles. The van der Waals surface area contributed by atoms with Crippen LogP contribution in [0, 0.1) is 0 Å². The van der Waals surface area contributed by atoms with Gasteiger partial charge in [-0.25, -0.2) is 4.79 Å². The van der Waals surface area contributed by atoms with Crippen LogP contribution >= 0.6 is 0 Å². The summed E-state index contributed by atoms with van der Waals surface area (Å²) in [5.41, 5.74) is 0.645. The molecule has 1 aliphatic heterocycles. The lowest BCUT2D eigenvalue weighted by Gasteiger charge is -2.31. The number of anilines is 2. The fraction of sp³-hybridized carbons (Fsp3) is 0.364. The number of benzene rings is 2. The molecule has 32 heavy (non-hydrogen) atoms. The summed E-state index contributed by atoms with van der Waals surface area (Å²) in [5, 5.41) is 2.44. The molecule has 0 radical (unpaired) electrons. The van der Waals surface area contributed by atoms with Gasteiger partial charge < -0.3 is 24.4 Å². The number of morpholine rings is 1. The summed E-state index contributed by atoms with van der Waals surface area (Å²) in [7, 11) is 1.55. The minimum Gasteiger partial charge on any atom is -0.452 e. The Morgan fingerprint density at radius 3 is 2.41 bits per heavy atom. The van der Waals surface area contributed by atoms with Gasteiger partial charge >= 0.3 is 12.1 Å². The van der Waals surface area contributed by atoms with Gasteiger partial charge in [0.1, 0.15) is 0 Å². The summed E-state index contributed by atoms with van der Waals surface area (Å²) < 4.78 is 54.8. The quantitative estimate of drug-likeness (QED) is 0.649. The monoisotopic (exact) mass is 452 g/mol. The number of halogens is 3. The van der Waals surface area contributed by atoms with Crippen molar-refractivity contribution in [2.24, 2.45) is 0 Å². The molecule has 0 unspecified atom stereocenters. The van der Waals surface area contributed by atoms with Crippen LogP contribution in [0.15, 0.2) is 42.5 Å². The predicted molar refractivity (Wildman–Crippen MR) is 111 cm³/mol. The zero-order valence-electron chi connectivity index (χ0n) is 17.4. The second-order valence-electron chi connectivity index (χ2n) is 7.08. The highest BCUT2D eigenvalue weighted by Crippen LogP contribution is 2.35. The van der Waals surface area contributed by atoms with Crippen molar-refractivity contribution in [2.75, 3.05) is 50.2 Å². The molecule has 1 heterocycles. The lowest BCUT2D eigenvalue weighted by molar-refractivity contribution is -0.137. The average molecular weight is 452 g/mol. The largest absolute Gasteiger partial charge is 0.452 e. The van der Waals surface area contributed by atoms with Crippen molar-refractivity contribution >= 4 is 23.3 Å². The molecular weight excluding hydrogens is 429 g/mol. The number of carbonyl (C=O) groups excluding carboxylic acids is 2. The maximum atomic E-state index is 13.2. The van der Waals surface area contributed by atoms with Gasteiger partial charge in [0, 0.05) is 20.2 Å². The van der Waals surface area contributed by atoms with Gasteiger partial charge in [0.05, 0.1) is 42.3 Å². The molecule has 1 fully saturated rings. The standard InChI is InChI=1S/C22H23F3N2O5/c1-30-13-15-2-4-16(5-3-15)21(29)32-14-20(28)26-18-12-17(22(23,24)25)6-7-19(18)27-8-10-31-11-9-27/h2-7,12H,8-11,13-14H2,1H3,(H,26,28). The van der Waals surface area contributed by atoms with E-state index in [-0.39, 0.29) is 11.3 Å². The summed E-state index contributed by atoms with van der Waals surface area (Å²) in [6.45, 7) is 1.55. The molecule has 0 saturated carbocycles. The Balaban J connectivity index is 1.67. The van der Waals surface area contributed by atoms with Gasteiger partial charge in [-0.2, -0.15) is 13.2 Å². The first-order valence-corrected chi connectivity index (χ1v) is 9.86. The molecule has 1 aliphatic rings. The van der Waals surface area contributed by atoms with E-state index in [9.17, 15) is 22.8 Å². The van der Waals surface area contributed by atoms with Gasteiger partial charge in [-0.05, 0) is 35.9 Å². The van der Waals surface area contributed by atoms with Gasteiger partial charge in [-0.1, -0.05) is 12.1 Å². The molecule has 0 spiro atoms. The van der Waals surface area contributed by atoms with Gasteiger partial charge in [-0.3, -0.25) is 4.79 Å². The molecule has 10 heteroatoms. The van der Waals surface area contributed by atoms with Crippen LogP contribution in [0.4, 0.5) is 24.5 Å². The molecule has 1 amide bonds. The molecule has 0 atom stereocenters. The molecule has 0 aromatic heterocycles. The van der Waals surface area contributed by atoms with Crippen molar-refractivity contribution in [1.29, 1.82) is 0 Å². The Morgan fingerprint density at radius 1 is 1.09 bits per heavy atom. The minimum atomic E-state index is -4.57. The minimum absolute atomic E-state index is 0.00769. The summed E-state index contributed by atoms with van der Waals surface area (Å²) in [6.07, 6.45) is -4.57. The third-order valence-corrected chi connectivity index (χ3v) is 4.78. The molecular formula is C22H23F3N2O5.